The van der Waals surface area contributed by atoms with Gasteiger partial charge in [-0.05, 0) is 17.7 Å². The van der Waals surface area contributed by atoms with Crippen LogP contribution in [0.1, 0.15) is 5.56 Å². The molecule has 0 N–H and O–H groups in total. The van der Waals surface area contributed by atoms with E-state index < -0.39 is 50.0 Å². The summed E-state index contributed by atoms with van der Waals surface area (Å²) in [7, 11) is -2.68. The third-order valence-electron chi connectivity index (χ3n) is 4.09. The summed E-state index contributed by atoms with van der Waals surface area (Å²) in [6, 6.07) is 10.8. The fraction of sp³-hybridized carbons (Fsp3) is 0.278. The summed E-state index contributed by atoms with van der Waals surface area (Å²) in [5.41, 5.74) is -0.691. The van der Waals surface area contributed by atoms with E-state index in [0.717, 1.165) is 26.2 Å². The molecule has 0 bridgehead atoms. The number of carbonyl (C=O) groups excluding carboxylic acids is 1. The van der Waals surface area contributed by atoms with Gasteiger partial charge in [0.15, 0.2) is 0 Å². The lowest BCUT2D eigenvalue weighted by Crippen LogP contribution is -2.34. The van der Waals surface area contributed by atoms with Gasteiger partial charge >= 0.3 is 12.3 Å². The second-order valence-corrected chi connectivity index (χ2v) is 8.36. The number of sulfonamides is 1. The highest BCUT2D eigenvalue weighted by molar-refractivity contribution is 7.89. The topological polar surface area (TPSA) is 110 Å². The Morgan fingerprint density at radius 3 is 2.29 bits per heavy atom. The van der Waals surface area contributed by atoms with E-state index in [1.165, 1.54) is 0 Å². The average Bonchev–Trinajstić information content (AvgIpc) is 2.70. The number of anilines is 1. The van der Waals surface area contributed by atoms with E-state index in [1.807, 2.05) is 0 Å². The summed E-state index contributed by atoms with van der Waals surface area (Å²) in [6.07, 6.45) is -5.86. The molecule has 2 aromatic rings. The number of hydrogen-bond acceptors (Lipinski definition) is 7. The van der Waals surface area contributed by atoms with Gasteiger partial charge in [-0.1, -0.05) is 30.3 Å². The second-order valence-electron chi connectivity index (χ2n) is 6.39. The second kappa shape index (κ2) is 9.20. The van der Waals surface area contributed by atoms with Gasteiger partial charge in [-0.2, -0.15) is 13.2 Å². The first-order valence-corrected chi connectivity index (χ1v) is 10.0. The van der Waals surface area contributed by atoms with Crippen molar-refractivity contribution in [2.75, 3.05) is 25.5 Å². The maximum atomic E-state index is 12.7. The van der Waals surface area contributed by atoms with Gasteiger partial charge < -0.3 is 9.64 Å². The van der Waals surface area contributed by atoms with Gasteiger partial charge in [0.1, 0.15) is 18.8 Å². The van der Waals surface area contributed by atoms with E-state index in [0.29, 0.717) is 16.5 Å². The molecule has 0 aromatic heterocycles. The molecule has 31 heavy (non-hydrogen) atoms. The fourth-order valence-electron chi connectivity index (χ4n) is 2.55. The van der Waals surface area contributed by atoms with Crippen LogP contribution in [0.5, 0.6) is 0 Å². The van der Waals surface area contributed by atoms with Crippen molar-refractivity contribution in [3.63, 3.8) is 0 Å². The Bertz CT molecular complexity index is 1060. The molecule has 0 aliphatic rings. The third-order valence-corrected chi connectivity index (χ3v) is 5.81. The van der Waals surface area contributed by atoms with Gasteiger partial charge in [0.05, 0.1) is 9.82 Å². The van der Waals surface area contributed by atoms with E-state index in [2.05, 4.69) is 0 Å². The maximum absolute atomic E-state index is 12.7. The number of ether oxygens (including phenoxy) is 1. The molecule has 0 radical (unpaired) electrons. The van der Waals surface area contributed by atoms with E-state index >= 15 is 0 Å². The summed E-state index contributed by atoms with van der Waals surface area (Å²) in [4.78, 5) is 22.4. The number of nitrogens with zero attached hydrogens (tertiary/aromatic N) is 3. The SMILES string of the molecule is CN(CC(F)(F)F)c1ccc(S(=O)(=O)N(C)C(=O)OCc2ccccc2)cc1[N+](=O)[O-]. The maximum Gasteiger partial charge on any atom is 0.423 e. The Labute approximate surface area is 175 Å². The van der Waals surface area contributed by atoms with Gasteiger partial charge in [0, 0.05) is 20.2 Å². The first-order valence-electron chi connectivity index (χ1n) is 8.59. The number of carbonyl (C=O) groups is 1. The molecule has 0 saturated carbocycles. The number of nitro groups is 1. The Morgan fingerprint density at radius 1 is 1.13 bits per heavy atom. The lowest BCUT2D eigenvalue weighted by Gasteiger charge is -2.22. The van der Waals surface area contributed by atoms with E-state index in [1.54, 1.807) is 30.3 Å². The molecule has 0 saturated heterocycles. The van der Waals surface area contributed by atoms with Crippen LogP contribution in [0, 0.1) is 10.1 Å². The average molecular weight is 461 g/mol. The highest BCUT2D eigenvalue weighted by Crippen LogP contribution is 2.32. The molecular formula is C18H18F3N3O6S. The predicted molar refractivity (Wildman–Crippen MR) is 104 cm³/mol. The third kappa shape index (κ3) is 6.07. The van der Waals surface area contributed by atoms with Gasteiger partial charge in [-0.3, -0.25) is 10.1 Å². The molecule has 9 nitrogen and oxygen atoms in total. The van der Waals surface area contributed by atoms with Crippen LogP contribution < -0.4 is 4.90 Å². The zero-order valence-corrected chi connectivity index (χ0v) is 17.2. The van der Waals surface area contributed by atoms with Crippen LogP contribution in [0.4, 0.5) is 29.3 Å². The van der Waals surface area contributed by atoms with Crippen molar-refractivity contribution < 1.29 is 36.0 Å². The molecule has 13 heteroatoms. The van der Waals surface area contributed by atoms with Crippen molar-refractivity contribution in [1.82, 2.24) is 4.31 Å². The van der Waals surface area contributed by atoms with E-state index in [9.17, 15) is 36.5 Å². The van der Waals surface area contributed by atoms with Crippen molar-refractivity contribution in [1.29, 1.82) is 0 Å². The van der Waals surface area contributed by atoms with Crippen LogP contribution >= 0.6 is 0 Å². The summed E-state index contributed by atoms with van der Waals surface area (Å²) in [5.74, 6) is 0. The van der Waals surface area contributed by atoms with Crippen molar-refractivity contribution in [2.24, 2.45) is 0 Å². The Balaban J connectivity index is 2.27. The van der Waals surface area contributed by atoms with E-state index in [-0.39, 0.29) is 10.9 Å². The lowest BCUT2D eigenvalue weighted by atomic mass is 10.2. The Hall–Kier alpha value is -3.35. The Kier molecular flexibility index (Phi) is 7.10. The standard InChI is InChI=1S/C18H18F3N3O6S/c1-22(12-18(19,20)21)15-9-8-14(10-16(15)24(26)27)31(28,29)23(2)17(25)30-11-13-6-4-3-5-7-13/h3-10H,11-12H2,1-2H3. The minimum absolute atomic E-state index is 0.207. The first-order chi connectivity index (χ1) is 14.3. The van der Waals surface area contributed by atoms with E-state index in [4.69, 9.17) is 4.74 Å². The van der Waals surface area contributed by atoms with Gasteiger partial charge in [-0.15, -0.1) is 0 Å². The van der Waals surface area contributed by atoms with Crippen molar-refractivity contribution >= 4 is 27.5 Å². The quantitative estimate of drug-likeness (QED) is 0.458. The molecule has 0 aliphatic carbocycles. The minimum Gasteiger partial charge on any atom is -0.444 e. The monoisotopic (exact) mass is 461 g/mol. The number of hydrogen-bond donors (Lipinski definition) is 0. The summed E-state index contributed by atoms with van der Waals surface area (Å²) < 4.78 is 68.4. The van der Waals surface area contributed by atoms with Gasteiger partial charge in [-0.25, -0.2) is 17.5 Å². The molecular weight excluding hydrogens is 443 g/mol. The van der Waals surface area contributed by atoms with Crippen molar-refractivity contribution in [2.45, 2.75) is 17.7 Å². The zero-order chi connectivity index (χ0) is 23.4. The number of amides is 1. The molecule has 168 valence electrons. The van der Waals surface area contributed by atoms with Crippen LogP contribution in [0.15, 0.2) is 53.4 Å². The molecule has 2 rings (SSSR count). The summed E-state index contributed by atoms with van der Waals surface area (Å²) in [6.45, 7) is -1.69. The molecule has 0 heterocycles. The summed E-state index contributed by atoms with van der Waals surface area (Å²) in [5, 5.41) is 11.3. The van der Waals surface area contributed by atoms with Crippen molar-refractivity contribution in [3.05, 3.63) is 64.2 Å². The van der Waals surface area contributed by atoms with Crippen molar-refractivity contribution in [3.8, 4) is 0 Å². The molecule has 1 amide bonds. The van der Waals surface area contributed by atoms with Gasteiger partial charge in [0.25, 0.3) is 15.7 Å². The minimum atomic E-state index is -4.63. The van der Waals surface area contributed by atoms with Gasteiger partial charge in [0.2, 0.25) is 0 Å². The molecule has 0 unspecified atom stereocenters. The van der Waals surface area contributed by atoms with Crippen LogP contribution in [0.3, 0.4) is 0 Å². The normalized spacial score (nSPS) is 11.6. The van der Waals surface area contributed by atoms with Crippen LogP contribution in [-0.2, 0) is 21.4 Å². The smallest absolute Gasteiger partial charge is 0.423 e. The largest absolute Gasteiger partial charge is 0.444 e. The molecule has 0 atom stereocenters. The molecule has 0 aliphatic heterocycles. The Morgan fingerprint density at radius 2 is 1.74 bits per heavy atom. The number of rotatable bonds is 7. The van der Waals surface area contributed by atoms with Crippen LogP contribution in [-0.4, -0.2) is 50.6 Å². The molecule has 0 spiro atoms. The fourth-order valence-corrected chi connectivity index (χ4v) is 3.62. The number of halogens is 3. The van der Waals surface area contributed by atoms with Crippen LogP contribution in [0.25, 0.3) is 0 Å². The highest BCUT2D eigenvalue weighted by atomic mass is 32.2. The number of nitro benzene ring substituents is 1. The number of alkyl halides is 3. The highest BCUT2D eigenvalue weighted by Gasteiger charge is 2.33. The number of benzene rings is 2. The predicted octanol–water partition coefficient (Wildman–Crippen LogP) is 3.55. The lowest BCUT2D eigenvalue weighted by molar-refractivity contribution is -0.384. The first kappa shape index (κ1) is 23.9. The van der Waals surface area contributed by atoms with Crippen LogP contribution in [0.2, 0.25) is 0 Å². The summed E-state index contributed by atoms with van der Waals surface area (Å²) >= 11 is 0. The zero-order valence-electron chi connectivity index (χ0n) is 16.4. The molecule has 2 aromatic carbocycles. The molecule has 0 fully saturated rings.